The van der Waals surface area contributed by atoms with Gasteiger partial charge in [-0.3, -0.25) is 0 Å². The first-order valence-electron chi connectivity index (χ1n) is 3.32. The van der Waals surface area contributed by atoms with Crippen molar-refractivity contribution < 1.29 is 14.3 Å². The Balaban J connectivity index is 0.00000144. The molecular weight excluding hydrogens is 197 g/mol. The molecule has 3 nitrogen and oxygen atoms in total. The van der Waals surface area contributed by atoms with Crippen molar-refractivity contribution in [3.63, 3.8) is 0 Å². The zero-order valence-corrected chi connectivity index (χ0v) is 7.69. The minimum atomic E-state index is -1.29. The highest BCUT2D eigenvalue weighted by Crippen LogP contribution is 2.18. The summed E-state index contributed by atoms with van der Waals surface area (Å²) in [5, 5.41) is 8.58. The fourth-order valence-corrected chi connectivity index (χ4v) is 0.951. The Hall–Kier alpha value is -1.29. The van der Waals surface area contributed by atoms with Crippen molar-refractivity contribution in [1.82, 2.24) is 0 Å². The molecule has 1 rings (SSSR count). The van der Waals surface area contributed by atoms with Gasteiger partial charge in [-0.25, -0.2) is 9.18 Å². The maximum Gasteiger partial charge on any atom is 0.339 e. The standard InChI is InChI=1S/C8H8FNO2.ClH/c1-4-2-3-5(10)7(9)6(4)8(11)12;/h2-3H,10H2,1H3,(H,11,12);1H. The normalized spacial score (nSPS) is 9.08. The van der Waals surface area contributed by atoms with Crippen LogP contribution in [0.3, 0.4) is 0 Å². The van der Waals surface area contributed by atoms with Crippen LogP contribution < -0.4 is 5.73 Å². The van der Waals surface area contributed by atoms with E-state index in [1.54, 1.807) is 0 Å². The molecule has 5 heteroatoms. The van der Waals surface area contributed by atoms with E-state index in [9.17, 15) is 9.18 Å². The third-order valence-electron chi connectivity index (χ3n) is 1.59. The van der Waals surface area contributed by atoms with Crippen molar-refractivity contribution in [1.29, 1.82) is 0 Å². The van der Waals surface area contributed by atoms with Gasteiger partial charge in [-0.05, 0) is 18.6 Å². The zero-order valence-electron chi connectivity index (χ0n) is 6.87. The van der Waals surface area contributed by atoms with Crippen molar-refractivity contribution in [2.24, 2.45) is 0 Å². The number of nitrogen functional groups attached to an aromatic ring is 1. The Bertz CT molecular complexity index is 341. The van der Waals surface area contributed by atoms with Gasteiger partial charge in [-0.1, -0.05) is 6.07 Å². The molecule has 0 aliphatic rings. The summed E-state index contributed by atoms with van der Waals surface area (Å²) in [6.07, 6.45) is 0. The van der Waals surface area contributed by atoms with E-state index in [2.05, 4.69) is 0 Å². The molecule has 0 heterocycles. The average molecular weight is 206 g/mol. The minimum absolute atomic E-state index is 0. The number of rotatable bonds is 1. The first kappa shape index (κ1) is 11.7. The predicted octanol–water partition coefficient (Wildman–Crippen LogP) is 1.84. The van der Waals surface area contributed by atoms with Crippen LogP contribution in [0.4, 0.5) is 10.1 Å². The second-order valence-corrected chi connectivity index (χ2v) is 2.47. The lowest BCUT2D eigenvalue weighted by molar-refractivity contribution is 0.0691. The summed E-state index contributed by atoms with van der Waals surface area (Å²) in [6.45, 7) is 1.52. The molecular formula is C8H9ClFNO2. The van der Waals surface area contributed by atoms with Gasteiger partial charge in [-0.15, -0.1) is 12.4 Å². The van der Waals surface area contributed by atoms with Crippen LogP contribution >= 0.6 is 12.4 Å². The summed E-state index contributed by atoms with van der Waals surface area (Å²) in [6, 6.07) is 2.82. The van der Waals surface area contributed by atoms with Crippen LogP contribution in [0.1, 0.15) is 15.9 Å². The van der Waals surface area contributed by atoms with E-state index in [1.807, 2.05) is 0 Å². The fourth-order valence-electron chi connectivity index (χ4n) is 0.951. The third kappa shape index (κ3) is 2.09. The number of aryl methyl sites for hydroxylation is 1. The molecule has 0 aliphatic carbocycles. The number of halogens is 2. The SMILES string of the molecule is Cc1ccc(N)c(F)c1C(=O)O.Cl. The molecule has 0 radical (unpaired) electrons. The van der Waals surface area contributed by atoms with Crippen molar-refractivity contribution in [3.05, 3.63) is 29.1 Å². The van der Waals surface area contributed by atoms with Crippen molar-refractivity contribution in [2.45, 2.75) is 6.92 Å². The summed E-state index contributed by atoms with van der Waals surface area (Å²) < 4.78 is 13.0. The molecule has 0 unspecified atom stereocenters. The van der Waals surface area contributed by atoms with Crippen LogP contribution in [0.5, 0.6) is 0 Å². The highest BCUT2D eigenvalue weighted by molar-refractivity contribution is 5.90. The van der Waals surface area contributed by atoms with E-state index < -0.39 is 11.8 Å². The molecule has 1 aromatic carbocycles. The Kier molecular flexibility index (Phi) is 3.69. The van der Waals surface area contributed by atoms with E-state index in [0.29, 0.717) is 5.56 Å². The lowest BCUT2D eigenvalue weighted by Gasteiger charge is -2.03. The van der Waals surface area contributed by atoms with E-state index in [1.165, 1.54) is 19.1 Å². The number of carboxylic acid groups (broad SMARTS) is 1. The van der Waals surface area contributed by atoms with Crippen molar-refractivity contribution >= 4 is 24.1 Å². The van der Waals surface area contributed by atoms with Crippen molar-refractivity contribution in [3.8, 4) is 0 Å². The van der Waals surface area contributed by atoms with Gasteiger partial charge in [-0.2, -0.15) is 0 Å². The Labute approximate surface area is 80.8 Å². The van der Waals surface area contributed by atoms with Gasteiger partial charge in [0.1, 0.15) is 5.56 Å². The molecule has 1 aromatic rings. The van der Waals surface area contributed by atoms with Gasteiger partial charge < -0.3 is 10.8 Å². The van der Waals surface area contributed by atoms with Gasteiger partial charge in [0.15, 0.2) is 5.82 Å². The summed E-state index contributed by atoms with van der Waals surface area (Å²) in [5.74, 6) is -2.15. The van der Waals surface area contributed by atoms with Gasteiger partial charge in [0.25, 0.3) is 0 Å². The second kappa shape index (κ2) is 4.09. The summed E-state index contributed by atoms with van der Waals surface area (Å²) in [5.41, 5.74) is 5.07. The van der Waals surface area contributed by atoms with Gasteiger partial charge in [0.2, 0.25) is 0 Å². The summed E-state index contributed by atoms with van der Waals surface area (Å²) in [7, 11) is 0. The molecule has 0 bridgehead atoms. The fraction of sp³-hybridized carbons (Fsp3) is 0.125. The second-order valence-electron chi connectivity index (χ2n) is 2.47. The number of hydrogen-bond donors (Lipinski definition) is 2. The largest absolute Gasteiger partial charge is 0.478 e. The van der Waals surface area contributed by atoms with Gasteiger partial charge >= 0.3 is 5.97 Å². The van der Waals surface area contributed by atoms with Gasteiger partial charge in [0.05, 0.1) is 5.69 Å². The molecule has 0 saturated carbocycles. The van der Waals surface area contributed by atoms with Gasteiger partial charge in [0, 0.05) is 0 Å². The molecule has 0 aromatic heterocycles. The lowest BCUT2D eigenvalue weighted by Crippen LogP contribution is -2.06. The van der Waals surface area contributed by atoms with E-state index in [-0.39, 0.29) is 23.7 Å². The molecule has 0 spiro atoms. The summed E-state index contributed by atoms with van der Waals surface area (Å²) in [4.78, 5) is 10.5. The lowest BCUT2D eigenvalue weighted by atomic mass is 10.1. The molecule has 13 heavy (non-hydrogen) atoms. The maximum atomic E-state index is 13.0. The monoisotopic (exact) mass is 205 g/mol. The number of carbonyl (C=O) groups is 1. The van der Waals surface area contributed by atoms with E-state index >= 15 is 0 Å². The topological polar surface area (TPSA) is 63.3 Å². The van der Waals surface area contributed by atoms with Crippen LogP contribution in [0.2, 0.25) is 0 Å². The Morgan fingerprint density at radius 1 is 1.54 bits per heavy atom. The van der Waals surface area contributed by atoms with Crippen molar-refractivity contribution in [2.75, 3.05) is 5.73 Å². The smallest absolute Gasteiger partial charge is 0.339 e. The number of anilines is 1. The average Bonchev–Trinajstić information content (AvgIpc) is 1.97. The quantitative estimate of drug-likeness (QED) is 0.688. The first-order chi connectivity index (χ1) is 5.54. The highest BCUT2D eigenvalue weighted by atomic mass is 35.5. The molecule has 0 amide bonds. The number of carboxylic acids is 1. The molecule has 3 N–H and O–H groups in total. The Morgan fingerprint density at radius 2 is 2.08 bits per heavy atom. The number of aromatic carboxylic acids is 1. The zero-order chi connectivity index (χ0) is 9.30. The predicted molar refractivity (Wildman–Crippen MR) is 49.8 cm³/mol. The molecule has 0 fully saturated rings. The molecule has 72 valence electrons. The number of nitrogens with two attached hydrogens (primary N) is 1. The van der Waals surface area contributed by atoms with E-state index in [0.717, 1.165) is 0 Å². The number of hydrogen-bond acceptors (Lipinski definition) is 2. The van der Waals surface area contributed by atoms with Crippen LogP contribution in [0.25, 0.3) is 0 Å². The van der Waals surface area contributed by atoms with Crippen LogP contribution in [0, 0.1) is 12.7 Å². The summed E-state index contributed by atoms with van der Waals surface area (Å²) >= 11 is 0. The molecule has 0 saturated heterocycles. The van der Waals surface area contributed by atoms with E-state index in [4.69, 9.17) is 10.8 Å². The maximum absolute atomic E-state index is 13.0. The highest BCUT2D eigenvalue weighted by Gasteiger charge is 2.15. The molecule has 0 aliphatic heterocycles. The van der Waals surface area contributed by atoms with Crippen LogP contribution in [-0.2, 0) is 0 Å². The van der Waals surface area contributed by atoms with Crippen LogP contribution in [0.15, 0.2) is 12.1 Å². The number of benzene rings is 1. The minimum Gasteiger partial charge on any atom is -0.478 e. The first-order valence-corrected chi connectivity index (χ1v) is 3.32. The Morgan fingerprint density at radius 3 is 2.46 bits per heavy atom. The van der Waals surface area contributed by atoms with Crippen LogP contribution in [-0.4, -0.2) is 11.1 Å². The molecule has 0 atom stereocenters. The third-order valence-corrected chi connectivity index (χ3v) is 1.59.